The number of para-hydroxylation sites is 1. The summed E-state index contributed by atoms with van der Waals surface area (Å²) in [6.07, 6.45) is 1.93. The van der Waals surface area contributed by atoms with Gasteiger partial charge in [0.05, 0.1) is 31.8 Å². The summed E-state index contributed by atoms with van der Waals surface area (Å²) >= 11 is 4.72. The second-order valence-corrected chi connectivity index (χ2v) is 8.65. The summed E-state index contributed by atoms with van der Waals surface area (Å²) in [5.74, 6) is 1.41. The topological polar surface area (TPSA) is 36.3 Å². The zero-order chi connectivity index (χ0) is 20.4. The van der Waals surface area contributed by atoms with Crippen molar-refractivity contribution in [2.24, 2.45) is 0 Å². The molecule has 0 aliphatic carbocycles. The minimum Gasteiger partial charge on any atom is -0.493 e. The molecule has 0 amide bonds. The lowest BCUT2D eigenvalue weighted by Gasteiger charge is -2.15. The van der Waals surface area contributed by atoms with Crippen LogP contribution in [0.4, 0.5) is 0 Å². The number of rotatable bonds is 5. The maximum Gasteiger partial charge on any atom is 0.161 e. The van der Waals surface area contributed by atoms with Gasteiger partial charge < -0.3 is 9.47 Å². The van der Waals surface area contributed by atoms with E-state index in [4.69, 9.17) is 14.6 Å². The fourth-order valence-corrected chi connectivity index (χ4v) is 4.66. The Labute approximate surface area is 197 Å². The fourth-order valence-electron chi connectivity index (χ4n) is 3.28. The van der Waals surface area contributed by atoms with Gasteiger partial charge in [0.25, 0.3) is 0 Å². The highest BCUT2D eigenvalue weighted by molar-refractivity contribution is 14.1. The molecule has 4 aromatic rings. The molecular weight excluding hydrogens is 590 g/mol. The molecule has 0 N–H and O–H groups in total. The molecule has 0 bridgehead atoms. The second kappa shape index (κ2) is 8.74. The molecular formula is C23H18I2N2O2. The van der Waals surface area contributed by atoms with E-state index in [-0.39, 0.29) is 0 Å². The van der Waals surface area contributed by atoms with Crippen molar-refractivity contribution in [2.45, 2.75) is 0 Å². The smallest absolute Gasteiger partial charge is 0.161 e. The van der Waals surface area contributed by atoms with Gasteiger partial charge >= 0.3 is 0 Å². The number of halogens is 2. The number of methoxy groups -OCH3 is 2. The summed E-state index contributed by atoms with van der Waals surface area (Å²) in [5, 5.41) is 4.76. The van der Waals surface area contributed by atoms with Crippen LogP contribution in [0.15, 0.2) is 72.9 Å². The van der Waals surface area contributed by atoms with Gasteiger partial charge in [-0.2, -0.15) is 5.10 Å². The molecule has 0 spiro atoms. The Balaban J connectivity index is 2.01. The van der Waals surface area contributed by atoms with Crippen LogP contribution in [0, 0.1) is 7.14 Å². The number of hydrogen-bond donors (Lipinski definition) is 0. The minimum absolute atomic E-state index is 0.698. The third kappa shape index (κ3) is 3.87. The summed E-state index contributed by atoms with van der Waals surface area (Å²) in [5.41, 5.74) is 5.30. The summed E-state index contributed by atoms with van der Waals surface area (Å²) < 4.78 is 15.3. The molecule has 0 radical (unpaired) electrons. The van der Waals surface area contributed by atoms with Crippen molar-refractivity contribution >= 4 is 45.2 Å². The maximum atomic E-state index is 5.56. The van der Waals surface area contributed by atoms with E-state index in [0.717, 1.165) is 31.6 Å². The van der Waals surface area contributed by atoms with Crippen LogP contribution in [0.2, 0.25) is 0 Å². The van der Waals surface area contributed by atoms with Gasteiger partial charge in [-0.25, -0.2) is 4.68 Å². The SMILES string of the molecule is COc1cc(I)c(-c2cnn(-c3ccccc3)c2-c2ccccc2I)cc1OC. The highest BCUT2D eigenvalue weighted by Gasteiger charge is 2.21. The monoisotopic (exact) mass is 608 g/mol. The number of ether oxygens (including phenoxy) is 2. The molecule has 1 aromatic heterocycles. The Morgan fingerprint density at radius 2 is 1.38 bits per heavy atom. The van der Waals surface area contributed by atoms with E-state index in [1.165, 1.54) is 3.57 Å². The van der Waals surface area contributed by atoms with Gasteiger partial charge in [-0.15, -0.1) is 0 Å². The number of aromatic nitrogens is 2. The highest BCUT2D eigenvalue weighted by atomic mass is 127. The zero-order valence-corrected chi connectivity index (χ0v) is 20.2. The van der Waals surface area contributed by atoms with Crippen molar-refractivity contribution in [2.75, 3.05) is 14.2 Å². The number of hydrogen-bond acceptors (Lipinski definition) is 3. The first-order valence-corrected chi connectivity index (χ1v) is 11.1. The fraction of sp³-hybridized carbons (Fsp3) is 0.0870. The lowest BCUT2D eigenvalue weighted by Crippen LogP contribution is -2.00. The Bertz CT molecular complexity index is 1160. The molecule has 146 valence electrons. The molecule has 0 fully saturated rings. The lowest BCUT2D eigenvalue weighted by atomic mass is 10.0. The van der Waals surface area contributed by atoms with Crippen molar-refractivity contribution < 1.29 is 9.47 Å². The molecule has 0 aliphatic heterocycles. The van der Waals surface area contributed by atoms with Crippen molar-refractivity contribution in [1.82, 2.24) is 9.78 Å². The first-order valence-electron chi connectivity index (χ1n) is 8.94. The van der Waals surface area contributed by atoms with Gasteiger partial charge in [-0.1, -0.05) is 36.4 Å². The van der Waals surface area contributed by atoms with Crippen LogP contribution in [-0.2, 0) is 0 Å². The molecule has 4 rings (SSSR count). The summed E-state index contributed by atoms with van der Waals surface area (Å²) in [7, 11) is 3.31. The average Bonchev–Trinajstić information content (AvgIpc) is 3.19. The molecule has 3 aromatic carbocycles. The zero-order valence-electron chi connectivity index (χ0n) is 15.9. The van der Waals surface area contributed by atoms with Crippen LogP contribution in [0.3, 0.4) is 0 Å². The predicted molar refractivity (Wildman–Crippen MR) is 133 cm³/mol. The van der Waals surface area contributed by atoms with Gasteiger partial charge in [0.15, 0.2) is 11.5 Å². The average molecular weight is 608 g/mol. The number of benzene rings is 3. The third-order valence-electron chi connectivity index (χ3n) is 4.66. The van der Waals surface area contributed by atoms with Crippen molar-refractivity contribution in [3.8, 4) is 39.6 Å². The molecule has 4 nitrogen and oxygen atoms in total. The molecule has 1 heterocycles. The van der Waals surface area contributed by atoms with Crippen molar-refractivity contribution in [3.05, 3.63) is 80.1 Å². The van der Waals surface area contributed by atoms with E-state index in [1.807, 2.05) is 47.3 Å². The largest absolute Gasteiger partial charge is 0.493 e. The molecule has 6 heteroatoms. The summed E-state index contributed by atoms with van der Waals surface area (Å²) in [6.45, 7) is 0. The van der Waals surface area contributed by atoms with E-state index < -0.39 is 0 Å². The van der Waals surface area contributed by atoms with E-state index in [9.17, 15) is 0 Å². The third-order valence-corrected chi connectivity index (χ3v) is 6.50. The van der Waals surface area contributed by atoms with E-state index in [1.54, 1.807) is 14.2 Å². The normalized spacial score (nSPS) is 10.8. The van der Waals surface area contributed by atoms with Gasteiger partial charge in [-0.05, 0) is 75.5 Å². The van der Waals surface area contributed by atoms with Gasteiger partial charge in [0.2, 0.25) is 0 Å². The molecule has 0 atom stereocenters. The highest BCUT2D eigenvalue weighted by Crippen LogP contribution is 2.41. The molecule has 0 saturated carbocycles. The maximum absolute atomic E-state index is 5.56. The van der Waals surface area contributed by atoms with Gasteiger partial charge in [0, 0.05) is 23.8 Å². The summed E-state index contributed by atoms with van der Waals surface area (Å²) in [6, 6.07) is 22.6. The quantitative estimate of drug-likeness (QED) is 0.245. The van der Waals surface area contributed by atoms with Crippen LogP contribution in [0.25, 0.3) is 28.1 Å². The van der Waals surface area contributed by atoms with Crippen LogP contribution in [-0.4, -0.2) is 24.0 Å². The predicted octanol–water partition coefficient (Wildman–Crippen LogP) is 6.43. The Morgan fingerprint density at radius 1 is 0.724 bits per heavy atom. The van der Waals surface area contributed by atoms with Crippen LogP contribution < -0.4 is 9.47 Å². The standard InChI is InChI=1S/C23H18I2N2O2/c1-28-21-12-17(20(25)13-22(21)29-2)18-14-26-27(15-8-4-3-5-9-15)23(18)16-10-6-7-11-19(16)24/h3-14H,1-2H3. The molecule has 29 heavy (non-hydrogen) atoms. The minimum atomic E-state index is 0.698. The van der Waals surface area contributed by atoms with Crippen LogP contribution >= 0.6 is 45.2 Å². The van der Waals surface area contributed by atoms with E-state index in [0.29, 0.717) is 11.5 Å². The van der Waals surface area contributed by atoms with Crippen LogP contribution in [0.1, 0.15) is 0 Å². The number of nitrogens with zero attached hydrogens (tertiary/aromatic N) is 2. The van der Waals surface area contributed by atoms with Gasteiger partial charge in [0.1, 0.15) is 0 Å². The Kier molecular flexibility index (Phi) is 6.09. The van der Waals surface area contributed by atoms with Gasteiger partial charge in [-0.3, -0.25) is 0 Å². The Hall–Kier alpha value is -2.07. The molecule has 0 aliphatic rings. The van der Waals surface area contributed by atoms with Crippen molar-refractivity contribution in [1.29, 1.82) is 0 Å². The molecule has 0 saturated heterocycles. The summed E-state index contributed by atoms with van der Waals surface area (Å²) in [4.78, 5) is 0. The van der Waals surface area contributed by atoms with Crippen LogP contribution in [0.5, 0.6) is 11.5 Å². The molecule has 0 unspecified atom stereocenters. The first-order chi connectivity index (χ1) is 14.1. The lowest BCUT2D eigenvalue weighted by molar-refractivity contribution is 0.355. The Morgan fingerprint density at radius 3 is 2.07 bits per heavy atom. The second-order valence-electron chi connectivity index (χ2n) is 6.32. The van der Waals surface area contributed by atoms with E-state index >= 15 is 0 Å². The van der Waals surface area contributed by atoms with E-state index in [2.05, 4.69) is 75.5 Å². The van der Waals surface area contributed by atoms with Crippen molar-refractivity contribution in [3.63, 3.8) is 0 Å². The first kappa shape index (κ1) is 20.2.